The Morgan fingerprint density at radius 2 is 1.75 bits per heavy atom. The van der Waals surface area contributed by atoms with E-state index in [-0.39, 0.29) is 12.1 Å². The molecule has 3 nitrogen and oxygen atoms in total. The second-order valence-corrected chi connectivity index (χ2v) is 16.6. The third-order valence-electron chi connectivity index (χ3n) is 13.1. The van der Waals surface area contributed by atoms with Crippen LogP contribution in [-0.4, -0.2) is 36.6 Å². The molecule has 0 amide bonds. The Morgan fingerprint density at radius 1 is 1.00 bits per heavy atom. The normalized spacial score (nSPS) is 42.5. The number of carbonyl (C=O) groups excluding carboxylic acids is 1. The molecule has 0 radical (unpaired) electrons. The van der Waals surface area contributed by atoms with Crippen molar-refractivity contribution in [2.75, 3.05) is 19.6 Å². The molecule has 0 bridgehead atoms. The Bertz CT molecular complexity index is 900. The van der Waals surface area contributed by atoms with E-state index in [9.17, 15) is 4.79 Å². The third-order valence-corrected chi connectivity index (χ3v) is 13.1. The molecular formula is C37H63NO2. The molecule has 40 heavy (non-hydrogen) atoms. The van der Waals surface area contributed by atoms with Gasteiger partial charge < -0.3 is 9.64 Å². The average Bonchev–Trinajstić information content (AvgIpc) is 3.24. The minimum Gasteiger partial charge on any atom is -0.462 e. The minimum atomic E-state index is 0.0294. The molecule has 5 aliphatic rings. The van der Waals surface area contributed by atoms with Gasteiger partial charge in [0, 0.05) is 26.1 Å². The van der Waals surface area contributed by atoms with E-state index in [0.29, 0.717) is 17.3 Å². The summed E-state index contributed by atoms with van der Waals surface area (Å²) in [6.45, 7) is 20.4. The summed E-state index contributed by atoms with van der Waals surface area (Å²) in [6.07, 6.45) is 19.1. The number of carbonyl (C=O) groups is 1. The van der Waals surface area contributed by atoms with Gasteiger partial charge in [0.25, 0.3) is 0 Å². The van der Waals surface area contributed by atoms with E-state index in [1.807, 2.05) is 0 Å². The van der Waals surface area contributed by atoms with Crippen LogP contribution in [0.3, 0.4) is 0 Å². The fourth-order valence-electron chi connectivity index (χ4n) is 11.2. The van der Waals surface area contributed by atoms with Gasteiger partial charge in [0.1, 0.15) is 6.10 Å². The highest BCUT2D eigenvalue weighted by atomic mass is 16.5. The average molecular weight is 554 g/mol. The SMILES string of the molecule is CC(C)CCC[C@@H](C)[C@H]1CC[C@@H]2[C@@H]3CC=C4C[C@@H](OC(=O)CCN5C[C@H](C)C[C@@H](C)C5)CC[C@]4(C)[C@H]3CC[C@@]21C. The number of fused-ring (bicyclic) bond motifs is 5. The van der Waals surface area contributed by atoms with Gasteiger partial charge in [0.05, 0.1) is 6.42 Å². The highest BCUT2D eigenvalue weighted by molar-refractivity contribution is 5.69. The third kappa shape index (κ3) is 6.26. The molecule has 1 aliphatic heterocycles. The van der Waals surface area contributed by atoms with E-state index in [4.69, 9.17) is 4.74 Å². The van der Waals surface area contributed by atoms with Crippen LogP contribution in [0.4, 0.5) is 0 Å². The first-order chi connectivity index (χ1) is 19.0. The molecule has 228 valence electrons. The van der Waals surface area contributed by atoms with Crippen molar-refractivity contribution in [3.05, 3.63) is 11.6 Å². The number of ether oxygens (including phenoxy) is 1. The van der Waals surface area contributed by atoms with Crippen molar-refractivity contribution < 1.29 is 9.53 Å². The van der Waals surface area contributed by atoms with Crippen LogP contribution in [0.1, 0.15) is 132 Å². The lowest BCUT2D eigenvalue weighted by Crippen LogP contribution is -2.51. The van der Waals surface area contributed by atoms with Crippen LogP contribution >= 0.6 is 0 Å². The molecule has 0 aromatic rings. The number of rotatable bonds is 9. The number of piperidine rings is 1. The smallest absolute Gasteiger partial charge is 0.307 e. The number of allylic oxidation sites excluding steroid dienone is 1. The second kappa shape index (κ2) is 12.4. The van der Waals surface area contributed by atoms with Gasteiger partial charge in [0.15, 0.2) is 0 Å². The first-order valence-corrected chi connectivity index (χ1v) is 17.6. The monoisotopic (exact) mass is 553 g/mol. The van der Waals surface area contributed by atoms with E-state index >= 15 is 0 Å². The van der Waals surface area contributed by atoms with Gasteiger partial charge in [-0.15, -0.1) is 0 Å². The molecule has 4 aliphatic carbocycles. The van der Waals surface area contributed by atoms with E-state index in [1.54, 1.807) is 5.57 Å². The molecule has 1 heterocycles. The first-order valence-electron chi connectivity index (χ1n) is 17.6. The summed E-state index contributed by atoms with van der Waals surface area (Å²) in [5, 5.41) is 0. The van der Waals surface area contributed by atoms with Crippen LogP contribution in [-0.2, 0) is 9.53 Å². The van der Waals surface area contributed by atoms with Crippen molar-refractivity contribution >= 4 is 5.97 Å². The van der Waals surface area contributed by atoms with Crippen molar-refractivity contribution in [2.45, 2.75) is 138 Å². The van der Waals surface area contributed by atoms with Gasteiger partial charge in [-0.05, 0) is 110 Å². The molecule has 10 atom stereocenters. The number of likely N-dealkylation sites (tertiary alicyclic amines) is 1. The predicted molar refractivity (Wildman–Crippen MR) is 167 cm³/mol. The number of hydrogen-bond acceptors (Lipinski definition) is 3. The molecule has 0 N–H and O–H groups in total. The quantitative estimate of drug-likeness (QED) is 0.210. The van der Waals surface area contributed by atoms with Gasteiger partial charge in [-0.3, -0.25) is 4.79 Å². The van der Waals surface area contributed by atoms with Crippen molar-refractivity contribution in [1.82, 2.24) is 4.90 Å². The van der Waals surface area contributed by atoms with E-state index in [1.165, 1.54) is 64.2 Å². The zero-order chi connectivity index (χ0) is 28.7. The topological polar surface area (TPSA) is 29.5 Å². The maximum atomic E-state index is 12.9. The standard InChI is InChI=1S/C37H63NO2/c1-25(2)9-8-10-28(5)32-13-14-33-31-12-11-29-22-30(15-18-36(29,6)34(31)16-19-37(32,33)7)40-35(39)17-20-38-23-26(3)21-27(4)24-38/h11,25-28,30-34H,8-10,12-24H2,1-7H3/t26-,27-,28-,30+,31+,32-,33-,34+,36+,37-/m1/s1. The van der Waals surface area contributed by atoms with E-state index in [0.717, 1.165) is 79.8 Å². The first kappa shape index (κ1) is 30.6. The number of hydrogen-bond donors (Lipinski definition) is 0. The highest BCUT2D eigenvalue weighted by Crippen LogP contribution is 2.67. The molecule has 0 unspecified atom stereocenters. The van der Waals surface area contributed by atoms with E-state index < -0.39 is 0 Å². The number of nitrogens with zero attached hydrogens (tertiary/aromatic N) is 1. The van der Waals surface area contributed by atoms with Gasteiger partial charge in [-0.25, -0.2) is 0 Å². The van der Waals surface area contributed by atoms with Crippen LogP contribution < -0.4 is 0 Å². The lowest BCUT2D eigenvalue weighted by atomic mass is 9.47. The largest absolute Gasteiger partial charge is 0.462 e. The van der Waals surface area contributed by atoms with E-state index in [2.05, 4.69) is 59.4 Å². The molecule has 0 aromatic carbocycles. The molecular weight excluding hydrogens is 490 g/mol. The summed E-state index contributed by atoms with van der Waals surface area (Å²) in [4.78, 5) is 15.3. The van der Waals surface area contributed by atoms with Gasteiger partial charge in [-0.2, -0.15) is 0 Å². The van der Waals surface area contributed by atoms with Crippen molar-refractivity contribution in [3.8, 4) is 0 Å². The lowest BCUT2D eigenvalue weighted by Gasteiger charge is -2.58. The van der Waals surface area contributed by atoms with Gasteiger partial charge in [-0.1, -0.05) is 79.4 Å². The van der Waals surface area contributed by atoms with Crippen molar-refractivity contribution in [2.24, 2.45) is 58.2 Å². The Hall–Kier alpha value is -0.830. The molecule has 3 saturated carbocycles. The van der Waals surface area contributed by atoms with Crippen LogP contribution in [0.2, 0.25) is 0 Å². The molecule has 4 fully saturated rings. The molecule has 0 spiro atoms. The number of esters is 1. The summed E-state index contributed by atoms with van der Waals surface area (Å²) in [5.74, 6) is 6.76. The zero-order valence-electron chi connectivity index (χ0n) is 27.4. The van der Waals surface area contributed by atoms with Crippen LogP contribution in [0.25, 0.3) is 0 Å². The predicted octanol–water partition coefficient (Wildman–Crippen LogP) is 9.31. The van der Waals surface area contributed by atoms with Crippen LogP contribution in [0.15, 0.2) is 11.6 Å². The molecule has 5 rings (SSSR count). The Balaban J connectivity index is 1.16. The molecule has 1 saturated heterocycles. The van der Waals surface area contributed by atoms with Crippen LogP contribution in [0.5, 0.6) is 0 Å². The fourth-order valence-corrected chi connectivity index (χ4v) is 11.2. The fraction of sp³-hybridized carbons (Fsp3) is 0.919. The highest BCUT2D eigenvalue weighted by Gasteiger charge is 2.59. The summed E-state index contributed by atoms with van der Waals surface area (Å²) in [6, 6.07) is 0. The second-order valence-electron chi connectivity index (χ2n) is 16.6. The molecule has 0 aromatic heterocycles. The Labute approximate surface area is 247 Å². The van der Waals surface area contributed by atoms with Gasteiger partial charge >= 0.3 is 5.97 Å². The maximum absolute atomic E-state index is 12.9. The summed E-state index contributed by atoms with van der Waals surface area (Å²) < 4.78 is 6.13. The van der Waals surface area contributed by atoms with Crippen molar-refractivity contribution in [3.63, 3.8) is 0 Å². The zero-order valence-corrected chi connectivity index (χ0v) is 27.4. The summed E-state index contributed by atoms with van der Waals surface area (Å²) >= 11 is 0. The summed E-state index contributed by atoms with van der Waals surface area (Å²) in [7, 11) is 0. The summed E-state index contributed by atoms with van der Waals surface area (Å²) in [5.41, 5.74) is 2.52. The Morgan fingerprint density at radius 3 is 2.48 bits per heavy atom. The maximum Gasteiger partial charge on any atom is 0.307 e. The molecule has 3 heteroatoms. The Kier molecular flexibility index (Phi) is 9.51. The van der Waals surface area contributed by atoms with Gasteiger partial charge in [0.2, 0.25) is 0 Å². The lowest BCUT2D eigenvalue weighted by molar-refractivity contribution is -0.152. The minimum absolute atomic E-state index is 0.0294. The van der Waals surface area contributed by atoms with Crippen LogP contribution in [0, 0.1) is 58.2 Å². The van der Waals surface area contributed by atoms with Crippen molar-refractivity contribution in [1.29, 1.82) is 0 Å².